The number of carbonyl (C=O) groups excluding carboxylic acids is 1. The molecule has 1 heterocycles. The van der Waals surface area contributed by atoms with E-state index in [4.69, 9.17) is 10.5 Å². The van der Waals surface area contributed by atoms with Crippen LogP contribution < -0.4 is 10.5 Å². The van der Waals surface area contributed by atoms with Gasteiger partial charge in [-0.3, -0.25) is 4.79 Å². The van der Waals surface area contributed by atoms with Crippen LogP contribution in [0, 0.1) is 0 Å². The molecule has 0 saturated carbocycles. The number of nitrogens with zero attached hydrogens (tertiary/aromatic N) is 2. The Balaban J connectivity index is 2.41. The monoisotopic (exact) mass is 243 g/mol. The number of ether oxygens (including phenoxy) is 1. The zero-order valence-corrected chi connectivity index (χ0v) is 9.96. The third-order valence-corrected chi connectivity index (χ3v) is 2.49. The first kappa shape index (κ1) is 12.0. The highest BCUT2D eigenvalue weighted by Crippen LogP contribution is 2.27. The molecule has 2 aromatic rings. The minimum atomic E-state index is -0.358. The molecule has 0 saturated heterocycles. The molecule has 5 nitrogen and oxygen atoms in total. The van der Waals surface area contributed by atoms with E-state index in [9.17, 15) is 4.79 Å². The molecule has 0 aliphatic heterocycles. The number of methoxy groups -OCH3 is 1. The van der Waals surface area contributed by atoms with Gasteiger partial charge in [0.25, 0.3) is 0 Å². The van der Waals surface area contributed by atoms with Gasteiger partial charge in [-0.25, -0.2) is 9.97 Å². The summed E-state index contributed by atoms with van der Waals surface area (Å²) in [6.07, 6.45) is 3.31. The summed E-state index contributed by atoms with van der Waals surface area (Å²) in [5.41, 5.74) is 7.71. The second-order valence-electron chi connectivity index (χ2n) is 3.79. The van der Waals surface area contributed by atoms with E-state index in [0.29, 0.717) is 5.88 Å². The molecule has 1 amide bonds. The molecule has 0 spiro atoms. The van der Waals surface area contributed by atoms with Crippen LogP contribution in [0.15, 0.2) is 36.8 Å². The number of amides is 1. The predicted molar refractivity (Wildman–Crippen MR) is 66.9 cm³/mol. The molecule has 1 aromatic carbocycles. The van der Waals surface area contributed by atoms with E-state index >= 15 is 0 Å². The Bertz CT molecular complexity index is 570. The standard InChI is InChI=1S/C13H13N3O2/c1-18-13-11(7-15-8-16-13)10-4-2-3-9(5-10)6-12(14)17/h2-5,7-8H,6H2,1H3,(H2,14,17). The van der Waals surface area contributed by atoms with Gasteiger partial charge in [0.05, 0.1) is 19.1 Å². The van der Waals surface area contributed by atoms with Gasteiger partial charge in [-0.1, -0.05) is 24.3 Å². The van der Waals surface area contributed by atoms with E-state index in [1.807, 2.05) is 24.3 Å². The molecule has 0 atom stereocenters. The third-order valence-electron chi connectivity index (χ3n) is 2.49. The van der Waals surface area contributed by atoms with Crippen molar-refractivity contribution in [2.24, 2.45) is 5.73 Å². The van der Waals surface area contributed by atoms with Gasteiger partial charge in [-0.2, -0.15) is 0 Å². The summed E-state index contributed by atoms with van der Waals surface area (Å²) < 4.78 is 5.18. The highest BCUT2D eigenvalue weighted by Gasteiger charge is 2.08. The van der Waals surface area contributed by atoms with Crippen LogP contribution in [0.2, 0.25) is 0 Å². The Labute approximate surface area is 105 Å². The van der Waals surface area contributed by atoms with Crippen LogP contribution in [-0.4, -0.2) is 23.0 Å². The van der Waals surface area contributed by atoms with Crippen LogP contribution in [0.4, 0.5) is 0 Å². The summed E-state index contributed by atoms with van der Waals surface area (Å²) in [5, 5.41) is 0. The third kappa shape index (κ3) is 2.63. The fraction of sp³-hybridized carbons (Fsp3) is 0.154. The molecule has 2 rings (SSSR count). The molecule has 18 heavy (non-hydrogen) atoms. The van der Waals surface area contributed by atoms with Crippen molar-refractivity contribution in [1.82, 2.24) is 9.97 Å². The first-order valence-electron chi connectivity index (χ1n) is 5.42. The van der Waals surface area contributed by atoms with Gasteiger partial charge in [-0.05, 0) is 11.1 Å². The number of hydrogen-bond donors (Lipinski definition) is 1. The number of aromatic nitrogens is 2. The number of rotatable bonds is 4. The minimum absolute atomic E-state index is 0.212. The Hall–Kier alpha value is -2.43. The van der Waals surface area contributed by atoms with Gasteiger partial charge in [0.15, 0.2) is 0 Å². The van der Waals surface area contributed by atoms with Crippen molar-refractivity contribution < 1.29 is 9.53 Å². The Morgan fingerprint density at radius 1 is 1.44 bits per heavy atom. The molecular formula is C13H13N3O2. The Morgan fingerprint density at radius 2 is 2.28 bits per heavy atom. The number of benzene rings is 1. The second-order valence-corrected chi connectivity index (χ2v) is 3.79. The molecule has 5 heteroatoms. The Kier molecular flexibility index (Phi) is 3.52. The average Bonchev–Trinajstić information content (AvgIpc) is 2.38. The van der Waals surface area contributed by atoms with Gasteiger partial charge in [0.2, 0.25) is 11.8 Å². The lowest BCUT2D eigenvalue weighted by atomic mass is 10.0. The maximum Gasteiger partial charge on any atom is 0.224 e. The van der Waals surface area contributed by atoms with Crippen molar-refractivity contribution >= 4 is 5.91 Å². The van der Waals surface area contributed by atoms with E-state index in [1.165, 1.54) is 6.33 Å². The Morgan fingerprint density at radius 3 is 3.00 bits per heavy atom. The van der Waals surface area contributed by atoms with Crippen LogP contribution in [-0.2, 0) is 11.2 Å². The number of carbonyl (C=O) groups is 1. The van der Waals surface area contributed by atoms with Crippen molar-refractivity contribution in [3.63, 3.8) is 0 Å². The zero-order chi connectivity index (χ0) is 13.0. The van der Waals surface area contributed by atoms with Crippen LogP contribution in [0.1, 0.15) is 5.56 Å². The first-order chi connectivity index (χ1) is 8.70. The van der Waals surface area contributed by atoms with Crippen molar-refractivity contribution in [3.8, 4) is 17.0 Å². The summed E-state index contributed by atoms with van der Waals surface area (Å²) in [4.78, 5) is 18.9. The van der Waals surface area contributed by atoms with Crippen molar-refractivity contribution in [2.45, 2.75) is 6.42 Å². The van der Waals surface area contributed by atoms with E-state index in [-0.39, 0.29) is 12.3 Å². The minimum Gasteiger partial charge on any atom is -0.480 e. The van der Waals surface area contributed by atoms with Crippen LogP contribution in [0.25, 0.3) is 11.1 Å². The maximum atomic E-state index is 10.9. The van der Waals surface area contributed by atoms with Crippen molar-refractivity contribution in [2.75, 3.05) is 7.11 Å². The smallest absolute Gasteiger partial charge is 0.224 e. The summed E-state index contributed by atoms with van der Waals surface area (Å²) in [5.74, 6) is 0.143. The normalized spacial score (nSPS) is 10.1. The lowest BCUT2D eigenvalue weighted by molar-refractivity contribution is -0.117. The summed E-state index contributed by atoms with van der Waals surface area (Å²) >= 11 is 0. The molecule has 0 radical (unpaired) electrons. The van der Waals surface area contributed by atoms with Crippen molar-refractivity contribution in [1.29, 1.82) is 0 Å². The fourth-order valence-corrected chi connectivity index (χ4v) is 1.73. The topological polar surface area (TPSA) is 78.1 Å². The second kappa shape index (κ2) is 5.27. The van der Waals surface area contributed by atoms with Crippen LogP contribution in [0.3, 0.4) is 0 Å². The quantitative estimate of drug-likeness (QED) is 0.874. The molecule has 0 bridgehead atoms. The number of nitrogens with two attached hydrogens (primary N) is 1. The zero-order valence-electron chi connectivity index (χ0n) is 9.96. The van der Waals surface area contributed by atoms with Gasteiger partial charge in [0.1, 0.15) is 6.33 Å². The molecule has 1 aromatic heterocycles. The van der Waals surface area contributed by atoms with Gasteiger partial charge < -0.3 is 10.5 Å². The maximum absolute atomic E-state index is 10.9. The highest BCUT2D eigenvalue weighted by molar-refractivity contribution is 5.77. The number of hydrogen-bond acceptors (Lipinski definition) is 4. The molecule has 2 N–H and O–H groups in total. The fourth-order valence-electron chi connectivity index (χ4n) is 1.73. The molecule has 0 aliphatic carbocycles. The molecule has 0 aliphatic rings. The van der Waals surface area contributed by atoms with Crippen LogP contribution >= 0.6 is 0 Å². The van der Waals surface area contributed by atoms with E-state index < -0.39 is 0 Å². The number of primary amides is 1. The lowest BCUT2D eigenvalue weighted by Gasteiger charge is -2.07. The molecular weight excluding hydrogens is 230 g/mol. The average molecular weight is 243 g/mol. The van der Waals surface area contributed by atoms with Gasteiger partial charge in [-0.15, -0.1) is 0 Å². The molecule has 92 valence electrons. The first-order valence-corrected chi connectivity index (χ1v) is 5.42. The summed E-state index contributed by atoms with van der Waals surface area (Å²) in [7, 11) is 1.55. The SMILES string of the molecule is COc1ncncc1-c1cccc(CC(N)=O)c1. The molecule has 0 fully saturated rings. The highest BCUT2D eigenvalue weighted by atomic mass is 16.5. The summed E-state index contributed by atoms with van der Waals surface area (Å²) in [6, 6.07) is 7.50. The molecule has 0 unspecified atom stereocenters. The predicted octanol–water partition coefficient (Wildman–Crippen LogP) is 1.18. The van der Waals surface area contributed by atoms with Gasteiger partial charge in [0, 0.05) is 6.20 Å². The van der Waals surface area contributed by atoms with Crippen molar-refractivity contribution in [3.05, 3.63) is 42.4 Å². The summed E-state index contributed by atoms with van der Waals surface area (Å²) in [6.45, 7) is 0. The largest absolute Gasteiger partial charge is 0.480 e. The lowest BCUT2D eigenvalue weighted by Crippen LogP contribution is -2.13. The van der Waals surface area contributed by atoms with E-state index in [1.54, 1.807) is 13.3 Å². The van der Waals surface area contributed by atoms with Gasteiger partial charge >= 0.3 is 0 Å². The van der Waals surface area contributed by atoms with E-state index in [2.05, 4.69) is 9.97 Å². The van der Waals surface area contributed by atoms with Crippen LogP contribution in [0.5, 0.6) is 5.88 Å². The van der Waals surface area contributed by atoms with E-state index in [0.717, 1.165) is 16.7 Å².